The maximum atomic E-state index is 10.8. The molecule has 0 saturated heterocycles. The van der Waals surface area contributed by atoms with Crippen molar-refractivity contribution in [2.45, 2.75) is 39.0 Å². The molecule has 2 aromatic carbocycles. The molecule has 0 spiro atoms. The van der Waals surface area contributed by atoms with E-state index in [4.69, 9.17) is 0 Å². The molecule has 0 atom stereocenters. The predicted octanol–water partition coefficient (Wildman–Crippen LogP) is 3.56. The molecule has 1 aromatic heterocycles. The lowest BCUT2D eigenvalue weighted by molar-refractivity contribution is -0.107. The zero-order chi connectivity index (χ0) is 17.3. The zero-order valence-corrected chi connectivity index (χ0v) is 14.2. The largest absolute Gasteiger partial charge is 0.505 e. The number of aryl methyl sites for hydroxylation is 1. The molecular weight excluding hydrogens is 302 g/mol. The Labute approximate surface area is 140 Å². The molecule has 1 heterocycles. The van der Waals surface area contributed by atoms with Crippen molar-refractivity contribution in [2.24, 2.45) is 0 Å². The van der Waals surface area contributed by atoms with Gasteiger partial charge in [-0.3, -0.25) is 0 Å². The molecule has 0 fully saturated rings. The summed E-state index contributed by atoms with van der Waals surface area (Å²) < 4.78 is 0. The van der Waals surface area contributed by atoms with Gasteiger partial charge in [-0.05, 0) is 35.6 Å². The van der Waals surface area contributed by atoms with Gasteiger partial charge in [-0.25, -0.2) is 0 Å². The number of phenolic OH excluding ortho intramolecular Hbond substituents is 1. The van der Waals surface area contributed by atoms with Crippen LogP contribution in [0, 0.1) is 0 Å². The Morgan fingerprint density at radius 2 is 1.75 bits per heavy atom. The maximum absolute atomic E-state index is 10.8. The van der Waals surface area contributed by atoms with Crippen molar-refractivity contribution in [3.05, 3.63) is 47.5 Å². The second-order valence-electron chi connectivity index (χ2n) is 6.94. The van der Waals surface area contributed by atoms with Crippen molar-refractivity contribution < 1.29 is 9.90 Å². The molecule has 3 rings (SSSR count). The molecule has 0 saturated carbocycles. The van der Waals surface area contributed by atoms with Gasteiger partial charge in [0, 0.05) is 12.0 Å². The third-order valence-corrected chi connectivity index (χ3v) is 4.01. The molecule has 3 aromatic rings. The van der Waals surface area contributed by atoms with Gasteiger partial charge < -0.3 is 9.90 Å². The molecule has 0 aliphatic carbocycles. The SMILES string of the molecule is CC(C)(C)c1cc(CCC=O)cc(-n2nc3ccccc3n2)c1O. The highest BCUT2D eigenvalue weighted by Crippen LogP contribution is 2.36. The summed E-state index contributed by atoms with van der Waals surface area (Å²) >= 11 is 0. The number of rotatable bonds is 4. The lowest BCUT2D eigenvalue weighted by Gasteiger charge is -2.23. The number of phenols is 1. The summed E-state index contributed by atoms with van der Waals surface area (Å²) in [7, 11) is 0. The van der Waals surface area contributed by atoms with Crippen molar-refractivity contribution in [2.75, 3.05) is 0 Å². The van der Waals surface area contributed by atoms with E-state index in [0.717, 1.165) is 28.4 Å². The van der Waals surface area contributed by atoms with Gasteiger partial charge in [-0.2, -0.15) is 0 Å². The van der Waals surface area contributed by atoms with Gasteiger partial charge in [0.05, 0.1) is 0 Å². The molecule has 5 heteroatoms. The number of aromatic nitrogens is 3. The molecule has 0 unspecified atom stereocenters. The molecule has 5 nitrogen and oxygen atoms in total. The predicted molar refractivity (Wildman–Crippen MR) is 93.6 cm³/mol. The minimum Gasteiger partial charge on any atom is -0.505 e. The van der Waals surface area contributed by atoms with Gasteiger partial charge in [-0.15, -0.1) is 15.0 Å². The molecule has 0 radical (unpaired) electrons. The van der Waals surface area contributed by atoms with Crippen LogP contribution < -0.4 is 0 Å². The van der Waals surface area contributed by atoms with E-state index in [1.807, 2.05) is 57.2 Å². The monoisotopic (exact) mass is 323 g/mol. The second kappa shape index (κ2) is 6.07. The number of carbonyl (C=O) groups is 1. The number of fused-ring (bicyclic) bond motifs is 1. The van der Waals surface area contributed by atoms with E-state index in [1.165, 1.54) is 4.80 Å². The Bertz CT molecular complexity index is 858. The summed E-state index contributed by atoms with van der Waals surface area (Å²) in [4.78, 5) is 12.2. The number of nitrogens with zero attached hydrogens (tertiary/aromatic N) is 3. The Morgan fingerprint density at radius 1 is 1.12 bits per heavy atom. The second-order valence-corrected chi connectivity index (χ2v) is 6.94. The van der Waals surface area contributed by atoms with Crippen LogP contribution in [0.4, 0.5) is 0 Å². The van der Waals surface area contributed by atoms with Crippen LogP contribution in [0.2, 0.25) is 0 Å². The van der Waals surface area contributed by atoms with Crippen molar-refractivity contribution in [3.8, 4) is 11.4 Å². The summed E-state index contributed by atoms with van der Waals surface area (Å²) in [5.74, 6) is 0.178. The number of hydrogen-bond acceptors (Lipinski definition) is 4. The average Bonchev–Trinajstić information content (AvgIpc) is 2.96. The van der Waals surface area contributed by atoms with E-state index >= 15 is 0 Å². The highest BCUT2D eigenvalue weighted by atomic mass is 16.3. The fourth-order valence-corrected chi connectivity index (χ4v) is 2.74. The molecule has 0 aliphatic heterocycles. The summed E-state index contributed by atoms with van der Waals surface area (Å²) in [6, 6.07) is 11.4. The first-order valence-electron chi connectivity index (χ1n) is 8.02. The number of carbonyl (C=O) groups excluding carboxylic acids is 1. The van der Waals surface area contributed by atoms with Crippen LogP contribution in [0.1, 0.15) is 38.3 Å². The van der Waals surface area contributed by atoms with Gasteiger partial charge in [0.2, 0.25) is 0 Å². The number of hydrogen-bond donors (Lipinski definition) is 1. The molecule has 24 heavy (non-hydrogen) atoms. The van der Waals surface area contributed by atoms with E-state index < -0.39 is 0 Å². The van der Waals surface area contributed by atoms with Crippen molar-refractivity contribution in [1.82, 2.24) is 15.0 Å². The van der Waals surface area contributed by atoms with E-state index in [0.29, 0.717) is 18.5 Å². The van der Waals surface area contributed by atoms with E-state index in [1.54, 1.807) is 0 Å². The van der Waals surface area contributed by atoms with Crippen LogP contribution in [-0.4, -0.2) is 26.4 Å². The van der Waals surface area contributed by atoms with Crippen molar-refractivity contribution >= 4 is 17.3 Å². The maximum Gasteiger partial charge on any atom is 0.146 e. The van der Waals surface area contributed by atoms with E-state index in [-0.39, 0.29) is 11.2 Å². The number of benzene rings is 2. The van der Waals surface area contributed by atoms with Gasteiger partial charge in [0.1, 0.15) is 28.8 Å². The van der Waals surface area contributed by atoms with Gasteiger partial charge in [-0.1, -0.05) is 39.0 Å². The summed E-state index contributed by atoms with van der Waals surface area (Å²) in [5, 5.41) is 19.7. The third kappa shape index (κ3) is 3.02. The van der Waals surface area contributed by atoms with Crippen LogP contribution >= 0.6 is 0 Å². The molecule has 0 aliphatic rings. The Balaban J connectivity index is 2.19. The van der Waals surface area contributed by atoms with Gasteiger partial charge >= 0.3 is 0 Å². The normalized spacial score (nSPS) is 11.8. The minimum atomic E-state index is -0.234. The van der Waals surface area contributed by atoms with Crippen LogP contribution in [0.3, 0.4) is 0 Å². The lowest BCUT2D eigenvalue weighted by Crippen LogP contribution is -2.14. The zero-order valence-electron chi connectivity index (χ0n) is 14.2. The van der Waals surface area contributed by atoms with Crippen LogP contribution in [-0.2, 0) is 16.6 Å². The molecular formula is C19H21N3O2. The van der Waals surface area contributed by atoms with E-state index in [2.05, 4.69) is 10.2 Å². The average molecular weight is 323 g/mol. The van der Waals surface area contributed by atoms with Crippen LogP contribution in [0.25, 0.3) is 16.7 Å². The lowest BCUT2D eigenvalue weighted by atomic mass is 9.84. The first kappa shape index (κ1) is 16.2. The Kier molecular flexibility index (Phi) is 4.09. The fourth-order valence-electron chi connectivity index (χ4n) is 2.74. The third-order valence-electron chi connectivity index (χ3n) is 4.01. The molecule has 0 bridgehead atoms. The topological polar surface area (TPSA) is 68.0 Å². The number of aromatic hydroxyl groups is 1. The first-order chi connectivity index (χ1) is 11.4. The standard InChI is InChI=1S/C19H21N3O2/c1-19(2,3)14-11-13(7-6-10-23)12-17(18(14)24)22-20-15-8-4-5-9-16(15)21-22/h4-5,8-12,24H,6-7H2,1-3H3. The smallest absolute Gasteiger partial charge is 0.146 e. The minimum absolute atomic E-state index is 0.178. The molecule has 124 valence electrons. The van der Waals surface area contributed by atoms with Crippen LogP contribution in [0.5, 0.6) is 5.75 Å². The highest BCUT2D eigenvalue weighted by Gasteiger charge is 2.23. The summed E-state index contributed by atoms with van der Waals surface area (Å²) in [6.07, 6.45) is 1.98. The quantitative estimate of drug-likeness (QED) is 0.746. The van der Waals surface area contributed by atoms with Gasteiger partial charge in [0.25, 0.3) is 0 Å². The van der Waals surface area contributed by atoms with Crippen molar-refractivity contribution in [1.29, 1.82) is 0 Å². The summed E-state index contributed by atoms with van der Waals surface area (Å²) in [6.45, 7) is 6.13. The first-order valence-corrected chi connectivity index (χ1v) is 8.02. The van der Waals surface area contributed by atoms with Gasteiger partial charge in [0.15, 0.2) is 0 Å². The Morgan fingerprint density at radius 3 is 2.29 bits per heavy atom. The Hall–Kier alpha value is -2.69. The number of aldehydes is 1. The fraction of sp³-hybridized carbons (Fsp3) is 0.316. The molecule has 0 amide bonds. The van der Waals surface area contributed by atoms with Crippen LogP contribution in [0.15, 0.2) is 36.4 Å². The summed E-state index contributed by atoms with van der Waals surface area (Å²) in [5.41, 5.74) is 3.66. The van der Waals surface area contributed by atoms with Crippen molar-refractivity contribution in [3.63, 3.8) is 0 Å². The highest BCUT2D eigenvalue weighted by molar-refractivity contribution is 5.73. The van der Waals surface area contributed by atoms with E-state index in [9.17, 15) is 9.90 Å². The molecule has 1 N–H and O–H groups in total.